The van der Waals surface area contributed by atoms with Gasteiger partial charge in [-0.1, -0.05) is 46.9 Å². The van der Waals surface area contributed by atoms with E-state index in [1.807, 2.05) is 11.8 Å². The highest BCUT2D eigenvalue weighted by Gasteiger charge is 2.34. The van der Waals surface area contributed by atoms with Crippen molar-refractivity contribution in [2.24, 2.45) is 10.8 Å². The average molecular weight is 346 g/mol. The number of nitrogens with one attached hydrogen (secondary N) is 2. The summed E-state index contributed by atoms with van der Waals surface area (Å²) >= 11 is 3.64. The average Bonchev–Trinajstić information content (AvgIpc) is 2.46. The molecule has 0 unspecified atom stereocenters. The van der Waals surface area contributed by atoms with E-state index in [-0.39, 0.29) is 17.9 Å². The van der Waals surface area contributed by atoms with Crippen LogP contribution < -0.4 is 10.0 Å². The van der Waals surface area contributed by atoms with E-state index >= 15 is 0 Å². The molecule has 1 aliphatic rings. The highest BCUT2D eigenvalue weighted by Crippen LogP contribution is 2.41. The molecular weight excluding hydrogens is 310 g/mol. The van der Waals surface area contributed by atoms with Gasteiger partial charge in [-0.05, 0) is 37.0 Å². The molecule has 0 saturated heterocycles. The quantitative estimate of drug-likeness (QED) is 0.445. The maximum absolute atomic E-state index is 11.0. The van der Waals surface area contributed by atoms with Gasteiger partial charge in [0, 0.05) is 19.6 Å². The Hall–Kier alpha value is -0.750. The fraction of sp³-hybridized carbons (Fsp3) is 0.882. The number of amides is 2. The Kier molecular flexibility index (Phi) is 10.6. The molecule has 0 radical (unpaired) electrons. The van der Waals surface area contributed by atoms with E-state index in [1.165, 1.54) is 19.3 Å². The summed E-state index contributed by atoms with van der Waals surface area (Å²) < 4.78 is 2.43. The number of thiol groups is 1. The fourth-order valence-electron chi connectivity index (χ4n) is 2.55. The van der Waals surface area contributed by atoms with Crippen molar-refractivity contribution >= 4 is 25.1 Å². The predicted molar refractivity (Wildman–Crippen MR) is 99.3 cm³/mol. The Bertz CT molecular complexity index is 336. The summed E-state index contributed by atoms with van der Waals surface area (Å²) in [4.78, 5) is 23.4. The lowest BCUT2D eigenvalue weighted by Crippen LogP contribution is -2.43. The lowest BCUT2D eigenvalue weighted by atomic mass is 9.70. The van der Waals surface area contributed by atoms with Crippen LogP contribution in [0.2, 0.25) is 0 Å². The van der Waals surface area contributed by atoms with Gasteiger partial charge in [-0.25, -0.2) is 0 Å². The van der Waals surface area contributed by atoms with E-state index in [2.05, 4.69) is 50.5 Å². The molecule has 2 N–H and O–H groups in total. The fourth-order valence-corrected chi connectivity index (χ4v) is 2.70. The molecule has 1 saturated carbocycles. The largest absolute Gasteiger partial charge is 0.355 e. The first-order valence-corrected chi connectivity index (χ1v) is 8.99. The standard InChI is InChI=1S/C13H25NO.C4H10N2OS/c1-5-12(2,3)9-14(11-15)10-13(4)7-6-8-13;1-2-5-4(7)3-6-8/h11H,5-10H2,1-4H3;6,8H,2-3H2,1H3,(H,5,7). The van der Waals surface area contributed by atoms with E-state index in [1.54, 1.807) is 0 Å². The Labute approximate surface area is 147 Å². The minimum absolute atomic E-state index is 0.0255. The zero-order valence-electron chi connectivity index (χ0n) is 15.4. The summed E-state index contributed by atoms with van der Waals surface area (Å²) in [5, 5.41) is 2.60. The van der Waals surface area contributed by atoms with Gasteiger partial charge in [-0.15, -0.1) is 0 Å². The molecule has 136 valence electrons. The van der Waals surface area contributed by atoms with Crippen LogP contribution in [0.25, 0.3) is 0 Å². The molecule has 1 rings (SSSR count). The second-order valence-electron chi connectivity index (χ2n) is 7.48. The molecule has 0 heterocycles. The molecule has 5 nitrogen and oxygen atoms in total. The Morgan fingerprint density at radius 1 is 1.35 bits per heavy atom. The van der Waals surface area contributed by atoms with E-state index in [9.17, 15) is 9.59 Å². The normalized spacial score (nSPS) is 15.7. The van der Waals surface area contributed by atoms with Crippen LogP contribution in [0.3, 0.4) is 0 Å². The first kappa shape index (κ1) is 22.2. The van der Waals surface area contributed by atoms with Crippen LogP contribution in [-0.2, 0) is 9.59 Å². The Morgan fingerprint density at radius 3 is 2.30 bits per heavy atom. The number of carbonyl (C=O) groups is 2. The summed E-state index contributed by atoms with van der Waals surface area (Å²) in [6.45, 7) is 13.6. The lowest BCUT2D eigenvalue weighted by Gasteiger charge is -2.42. The minimum Gasteiger partial charge on any atom is -0.355 e. The zero-order valence-corrected chi connectivity index (χ0v) is 16.3. The van der Waals surface area contributed by atoms with Gasteiger partial charge in [0.15, 0.2) is 0 Å². The van der Waals surface area contributed by atoms with Crippen LogP contribution >= 0.6 is 12.8 Å². The summed E-state index contributed by atoms with van der Waals surface area (Å²) in [5.41, 5.74) is 0.658. The lowest BCUT2D eigenvalue weighted by molar-refractivity contribution is -0.122. The maximum Gasteiger partial charge on any atom is 0.234 e. The number of hydrogen-bond acceptors (Lipinski definition) is 4. The van der Waals surface area contributed by atoms with E-state index in [4.69, 9.17) is 0 Å². The van der Waals surface area contributed by atoms with Crippen molar-refractivity contribution in [1.29, 1.82) is 0 Å². The molecule has 0 atom stereocenters. The van der Waals surface area contributed by atoms with Crippen molar-refractivity contribution in [2.45, 2.75) is 60.3 Å². The second kappa shape index (κ2) is 10.9. The van der Waals surface area contributed by atoms with Gasteiger partial charge >= 0.3 is 0 Å². The van der Waals surface area contributed by atoms with Gasteiger partial charge in [0.1, 0.15) is 0 Å². The second-order valence-corrected chi connectivity index (χ2v) is 7.80. The third-order valence-corrected chi connectivity index (χ3v) is 4.65. The van der Waals surface area contributed by atoms with Crippen LogP contribution in [0.4, 0.5) is 0 Å². The summed E-state index contributed by atoms with van der Waals surface area (Å²) in [6.07, 6.45) is 6.04. The van der Waals surface area contributed by atoms with Gasteiger partial charge in [-0.2, -0.15) is 0 Å². The molecule has 2 amide bonds. The Balaban J connectivity index is 0.000000515. The summed E-state index contributed by atoms with van der Waals surface area (Å²) in [7, 11) is 0. The number of carbonyl (C=O) groups excluding carboxylic acids is 2. The van der Waals surface area contributed by atoms with Gasteiger partial charge < -0.3 is 10.2 Å². The SMILES string of the molecule is CCC(C)(C)CN(C=O)CC1(C)CCC1.CCNC(=O)CNS. The van der Waals surface area contributed by atoms with E-state index in [0.29, 0.717) is 12.0 Å². The summed E-state index contributed by atoms with van der Waals surface area (Å²) in [5.74, 6) is -0.0255. The minimum atomic E-state index is -0.0255. The number of rotatable bonds is 9. The molecule has 1 aliphatic carbocycles. The first-order chi connectivity index (χ1) is 10.7. The predicted octanol–water partition coefficient (Wildman–Crippen LogP) is 2.63. The van der Waals surface area contributed by atoms with Crippen molar-refractivity contribution < 1.29 is 9.59 Å². The number of nitrogens with zero attached hydrogens (tertiary/aromatic N) is 1. The zero-order chi connectivity index (χ0) is 17.9. The molecule has 0 aromatic rings. The van der Waals surface area contributed by atoms with E-state index < -0.39 is 0 Å². The van der Waals surface area contributed by atoms with Crippen molar-refractivity contribution in [1.82, 2.24) is 14.9 Å². The highest BCUT2D eigenvalue weighted by molar-refractivity contribution is 7.78. The highest BCUT2D eigenvalue weighted by atomic mass is 32.1. The number of hydrogen-bond donors (Lipinski definition) is 3. The monoisotopic (exact) mass is 345 g/mol. The smallest absolute Gasteiger partial charge is 0.234 e. The van der Waals surface area contributed by atoms with Gasteiger partial charge in [-0.3, -0.25) is 14.3 Å². The summed E-state index contributed by atoms with van der Waals surface area (Å²) in [6, 6.07) is 0. The molecule has 0 aromatic heterocycles. The van der Waals surface area contributed by atoms with Gasteiger partial charge in [0.05, 0.1) is 6.54 Å². The van der Waals surface area contributed by atoms with Crippen LogP contribution in [0.15, 0.2) is 0 Å². The van der Waals surface area contributed by atoms with Crippen molar-refractivity contribution in [3.63, 3.8) is 0 Å². The molecular formula is C17H35N3O2S. The molecule has 6 heteroatoms. The molecule has 0 spiro atoms. The third kappa shape index (κ3) is 9.87. The van der Waals surface area contributed by atoms with Crippen LogP contribution in [0.1, 0.15) is 60.3 Å². The molecule has 0 aliphatic heterocycles. The van der Waals surface area contributed by atoms with Crippen LogP contribution in [0.5, 0.6) is 0 Å². The molecule has 0 aromatic carbocycles. The number of likely N-dealkylation sites (N-methyl/N-ethyl adjacent to an activating group) is 1. The van der Waals surface area contributed by atoms with Crippen molar-refractivity contribution in [2.75, 3.05) is 26.2 Å². The molecule has 1 fully saturated rings. The Morgan fingerprint density at radius 2 is 1.96 bits per heavy atom. The van der Waals surface area contributed by atoms with Gasteiger partial charge in [0.2, 0.25) is 12.3 Å². The topological polar surface area (TPSA) is 61.4 Å². The van der Waals surface area contributed by atoms with Gasteiger partial charge in [0.25, 0.3) is 0 Å². The first-order valence-electron chi connectivity index (χ1n) is 8.55. The van der Waals surface area contributed by atoms with Crippen molar-refractivity contribution in [3.05, 3.63) is 0 Å². The van der Waals surface area contributed by atoms with Crippen molar-refractivity contribution in [3.8, 4) is 0 Å². The molecule has 23 heavy (non-hydrogen) atoms. The maximum atomic E-state index is 11.0. The van der Waals surface area contributed by atoms with Crippen LogP contribution in [-0.4, -0.2) is 43.4 Å². The third-order valence-electron chi connectivity index (χ3n) is 4.50. The van der Waals surface area contributed by atoms with E-state index in [0.717, 1.165) is 25.9 Å². The molecule has 0 bridgehead atoms. The van der Waals surface area contributed by atoms with Crippen LogP contribution in [0, 0.1) is 10.8 Å².